The highest BCUT2D eigenvalue weighted by Gasteiger charge is 2.38. The largest absolute Gasteiger partial charge is 0.314 e. The average molecular weight is 182 g/mol. The summed E-state index contributed by atoms with van der Waals surface area (Å²) in [5, 5.41) is 3.61. The maximum absolute atomic E-state index is 3.61. The molecular formula is C11H22N2. The number of nitrogens with one attached hydrogen (secondary N) is 1. The van der Waals surface area contributed by atoms with E-state index < -0.39 is 0 Å². The van der Waals surface area contributed by atoms with Gasteiger partial charge in [0, 0.05) is 12.6 Å². The Bertz CT molecular complexity index is 155. The third-order valence-electron chi connectivity index (χ3n) is 3.76. The van der Waals surface area contributed by atoms with Gasteiger partial charge in [-0.3, -0.25) is 0 Å². The first-order valence-electron chi connectivity index (χ1n) is 5.66. The molecule has 3 fully saturated rings. The minimum absolute atomic E-state index is 0.648. The Morgan fingerprint density at radius 2 is 1.69 bits per heavy atom. The number of fused-ring (bicyclic) bond motifs is 3. The molecule has 3 aliphatic rings. The molecule has 3 saturated heterocycles. The molecule has 0 radical (unpaired) electrons. The van der Waals surface area contributed by atoms with Gasteiger partial charge < -0.3 is 10.2 Å². The van der Waals surface area contributed by atoms with Gasteiger partial charge in [-0.05, 0) is 44.3 Å². The highest BCUT2D eigenvalue weighted by Crippen LogP contribution is 2.39. The van der Waals surface area contributed by atoms with E-state index >= 15 is 0 Å². The Morgan fingerprint density at radius 3 is 2.15 bits per heavy atom. The van der Waals surface area contributed by atoms with Crippen LogP contribution < -0.4 is 5.32 Å². The van der Waals surface area contributed by atoms with Crippen molar-refractivity contribution in [2.24, 2.45) is 5.41 Å². The molecule has 2 heteroatoms. The maximum atomic E-state index is 3.61. The fourth-order valence-electron chi connectivity index (χ4n) is 2.58. The van der Waals surface area contributed by atoms with Crippen LogP contribution in [0.15, 0.2) is 0 Å². The molecule has 2 nitrogen and oxygen atoms in total. The number of nitrogens with zero attached hydrogens (tertiary/aromatic N) is 1. The first-order chi connectivity index (χ1) is 6.20. The summed E-state index contributed by atoms with van der Waals surface area (Å²) in [4.78, 5) is 2.61. The van der Waals surface area contributed by atoms with Crippen molar-refractivity contribution in [3.05, 3.63) is 0 Å². The van der Waals surface area contributed by atoms with E-state index in [4.69, 9.17) is 0 Å². The molecule has 0 atom stereocenters. The molecule has 3 heterocycles. The van der Waals surface area contributed by atoms with E-state index in [0.29, 0.717) is 11.5 Å². The lowest BCUT2D eigenvalue weighted by molar-refractivity contribution is 0.0254. The van der Waals surface area contributed by atoms with E-state index in [2.05, 4.69) is 24.1 Å². The Morgan fingerprint density at radius 1 is 1.15 bits per heavy atom. The Kier molecular flexibility index (Phi) is 2.61. The fourth-order valence-corrected chi connectivity index (χ4v) is 2.58. The van der Waals surface area contributed by atoms with Gasteiger partial charge >= 0.3 is 0 Å². The van der Waals surface area contributed by atoms with Crippen LogP contribution in [0.25, 0.3) is 0 Å². The molecule has 2 bridgehead atoms. The molecule has 1 N–H and O–H groups in total. The van der Waals surface area contributed by atoms with Crippen LogP contribution in [-0.2, 0) is 0 Å². The summed E-state index contributed by atoms with van der Waals surface area (Å²) in [6.07, 6.45) is 4.27. The molecule has 0 aliphatic carbocycles. The summed E-state index contributed by atoms with van der Waals surface area (Å²) in [7, 11) is 0. The summed E-state index contributed by atoms with van der Waals surface area (Å²) in [6.45, 7) is 9.78. The van der Waals surface area contributed by atoms with E-state index in [-0.39, 0.29) is 0 Å². The second-order valence-corrected chi connectivity index (χ2v) is 5.13. The number of rotatable bonds is 3. The minimum atomic E-state index is 0.648. The van der Waals surface area contributed by atoms with E-state index in [0.717, 1.165) is 0 Å². The molecule has 76 valence electrons. The van der Waals surface area contributed by atoms with Crippen molar-refractivity contribution in [1.29, 1.82) is 0 Å². The molecule has 0 saturated carbocycles. The van der Waals surface area contributed by atoms with Crippen LogP contribution in [-0.4, -0.2) is 37.1 Å². The Balaban J connectivity index is 1.87. The molecule has 3 aliphatic heterocycles. The molecular weight excluding hydrogens is 160 g/mol. The van der Waals surface area contributed by atoms with Crippen LogP contribution >= 0.6 is 0 Å². The van der Waals surface area contributed by atoms with Crippen molar-refractivity contribution in [1.82, 2.24) is 10.2 Å². The lowest BCUT2D eigenvalue weighted by Crippen LogP contribution is -2.52. The zero-order chi connectivity index (χ0) is 9.31. The van der Waals surface area contributed by atoms with Gasteiger partial charge in [-0.1, -0.05) is 13.8 Å². The summed E-state index contributed by atoms with van der Waals surface area (Å²) in [5.74, 6) is 0. The van der Waals surface area contributed by atoms with Gasteiger partial charge in [0.05, 0.1) is 0 Å². The van der Waals surface area contributed by atoms with Crippen molar-refractivity contribution in [2.45, 2.75) is 39.2 Å². The molecule has 0 aromatic carbocycles. The summed E-state index contributed by atoms with van der Waals surface area (Å²) in [5.41, 5.74) is 0.666. The summed E-state index contributed by atoms with van der Waals surface area (Å²) >= 11 is 0. The second kappa shape index (κ2) is 3.58. The predicted octanol–water partition coefficient (Wildman–Crippen LogP) is 1.47. The van der Waals surface area contributed by atoms with Gasteiger partial charge in [0.1, 0.15) is 0 Å². The monoisotopic (exact) mass is 182 g/mol. The highest BCUT2D eigenvalue weighted by atomic mass is 15.2. The van der Waals surface area contributed by atoms with E-state index in [1.54, 1.807) is 0 Å². The van der Waals surface area contributed by atoms with E-state index in [1.165, 1.54) is 45.4 Å². The first-order valence-corrected chi connectivity index (χ1v) is 5.66. The third kappa shape index (κ3) is 2.05. The van der Waals surface area contributed by atoms with Crippen LogP contribution in [0.3, 0.4) is 0 Å². The van der Waals surface area contributed by atoms with Gasteiger partial charge in [-0.15, -0.1) is 0 Å². The van der Waals surface area contributed by atoms with E-state index in [9.17, 15) is 0 Å². The van der Waals surface area contributed by atoms with Gasteiger partial charge in [0.2, 0.25) is 0 Å². The molecule has 0 aromatic heterocycles. The van der Waals surface area contributed by atoms with Crippen LogP contribution in [0.2, 0.25) is 0 Å². The van der Waals surface area contributed by atoms with Gasteiger partial charge in [-0.2, -0.15) is 0 Å². The lowest BCUT2D eigenvalue weighted by Gasteiger charge is -2.48. The normalized spacial score (nSPS) is 38.5. The molecule has 3 rings (SSSR count). The van der Waals surface area contributed by atoms with Crippen molar-refractivity contribution in [3.8, 4) is 0 Å². The number of piperidine rings is 3. The summed E-state index contributed by atoms with van der Waals surface area (Å²) < 4.78 is 0. The van der Waals surface area contributed by atoms with Crippen molar-refractivity contribution in [2.75, 3.05) is 26.2 Å². The molecule has 0 spiro atoms. The average Bonchev–Trinajstić information content (AvgIpc) is 2.18. The van der Waals surface area contributed by atoms with Gasteiger partial charge in [0.15, 0.2) is 0 Å². The van der Waals surface area contributed by atoms with Gasteiger partial charge in [-0.25, -0.2) is 0 Å². The SMILES string of the molecule is CC(C)NCC12CCN(CC1)CC2. The van der Waals surface area contributed by atoms with Crippen molar-refractivity contribution >= 4 is 0 Å². The fraction of sp³-hybridized carbons (Fsp3) is 1.00. The minimum Gasteiger partial charge on any atom is -0.314 e. The topological polar surface area (TPSA) is 15.3 Å². The smallest absolute Gasteiger partial charge is 0.00116 e. The third-order valence-corrected chi connectivity index (χ3v) is 3.76. The van der Waals surface area contributed by atoms with Crippen molar-refractivity contribution < 1.29 is 0 Å². The molecule has 0 aromatic rings. The number of hydrogen-bond acceptors (Lipinski definition) is 2. The molecule has 0 amide bonds. The standard InChI is InChI=1S/C11H22N2/c1-10(2)12-9-11-3-6-13(7-4-11)8-5-11/h10,12H,3-9H2,1-2H3. The second-order valence-electron chi connectivity index (χ2n) is 5.13. The van der Waals surface area contributed by atoms with Crippen LogP contribution in [0.1, 0.15) is 33.1 Å². The quantitative estimate of drug-likeness (QED) is 0.711. The maximum Gasteiger partial charge on any atom is 0.00116 e. The van der Waals surface area contributed by atoms with Crippen LogP contribution in [0, 0.1) is 5.41 Å². The molecule has 0 unspecified atom stereocenters. The predicted molar refractivity (Wildman–Crippen MR) is 55.9 cm³/mol. The number of hydrogen-bond donors (Lipinski definition) is 1. The first kappa shape index (κ1) is 9.47. The van der Waals surface area contributed by atoms with Crippen LogP contribution in [0.4, 0.5) is 0 Å². The zero-order valence-corrected chi connectivity index (χ0v) is 8.97. The Labute approximate surface area is 81.7 Å². The zero-order valence-electron chi connectivity index (χ0n) is 8.97. The lowest BCUT2D eigenvalue weighted by atomic mass is 9.72. The van der Waals surface area contributed by atoms with E-state index in [1.807, 2.05) is 0 Å². The summed E-state index contributed by atoms with van der Waals surface area (Å²) in [6, 6.07) is 0.648. The van der Waals surface area contributed by atoms with Crippen LogP contribution in [0.5, 0.6) is 0 Å². The van der Waals surface area contributed by atoms with Gasteiger partial charge in [0.25, 0.3) is 0 Å². The highest BCUT2D eigenvalue weighted by molar-refractivity contribution is 4.93. The van der Waals surface area contributed by atoms with Crippen molar-refractivity contribution in [3.63, 3.8) is 0 Å². The molecule has 13 heavy (non-hydrogen) atoms. The Hall–Kier alpha value is -0.0800.